The molecule has 0 radical (unpaired) electrons. The van der Waals surface area contributed by atoms with Crippen molar-refractivity contribution in [2.75, 3.05) is 13.2 Å². The van der Waals surface area contributed by atoms with Gasteiger partial charge >= 0.3 is 0 Å². The number of aryl methyl sites for hydroxylation is 2. The fourth-order valence-electron chi connectivity index (χ4n) is 3.14. The van der Waals surface area contributed by atoms with Crippen LogP contribution in [-0.2, 0) is 20.3 Å². The van der Waals surface area contributed by atoms with E-state index in [2.05, 4.69) is 6.92 Å². The van der Waals surface area contributed by atoms with Crippen molar-refractivity contribution in [3.63, 3.8) is 0 Å². The van der Waals surface area contributed by atoms with E-state index in [-0.39, 0.29) is 11.3 Å². The minimum atomic E-state index is -1.13. The second kappa shape index (κ2) is 5.80. The Balaban J connectivity index is 1.83. The molecule has 1 aromatic carbocycles. The van der Waals surface area contributed by atoms with E-state index in [1.807, 2.05) is 25.1 Å². The smallest absolute Gasteiger partial charge is 0.169 e. The lowest BCUT2D eigenvalue weighted by Gasteiger charge is -2.39. The first-order chi connectivity index (χ1) is 10.0. The quantitative estimate of drug-likeness (QED) is 0.908. The predicted molar refractivity (Wildman–Crippen MR) is 82.6 cm³/mol. The summed E-state index contributed by atoms with van der Waals surface area (Å²) in [5.41, 5.74) is 8.60. The van der Waals surface area contributed by atoms with E-state index < -0.39 is 16.6 Å². The Hall–Kier alpha value is -0.750. The molecule has 1 spiro atoms. The van der Waals surface area contributed by atoms with Crippen LogP contribution >= 0.6 is 0 Å². The zero-order chi connectivity index (χ0) is 15.0. The molecule has 1 aromatic rings. The van der Waals surface area contributed by atoms with Crippen LogP contribution in [0, 0.1) is 13.8 Å². The normalized spacial score (nSPS) is 29.7. The molecule has 0 bridgehead atoms. The molecule has 116 valence electrons. The summed E-state index contributed by atoms with van der Waals surface area (Å²) in [6.07, 6.45) is 2.21. The Kier molecular flexibility index (Phi) is 4.19. The molecule has 2 aliphatic rings. The zero-order valence-corrected chi connectivity index (χ0v) is 13.4. The monoisotopic (exact) mass is 309 g/mol. The second-order valence-electron chi connectivity index (χ2n) is 6.10. The molecule has 0 amide bonds. The van der Waals surface area contributed by atoms with Crippen molar-refractivity contribution in [3.8, 4) is 0 Å². The van der Waals surface area contributed by atoms with Crippen LogP contribution in [0.2, 0.25) is 0 Å². The summed E-state index contributed by atoms with van der Waals surface area (Å²) >= 11 is 0. The highest BCUT2D eigenvalue weighted by Crippen LogP contribution is 2.38. The second-order valence-corrected chi connectivity index (χ2v) is 7.77. The molecule has 1 aliphatic carbocycles. The maximum absolute atomic E-state index is 12.9. The van der Waals surface area contributed by atoms with Gasteiger partial charge in [0.15, 0.2) is 5.79 Å². The molecular weight excluding hydrogens is 286 g/mol. The molecule has 5 heteroatoms. The molecule has 1 saturated carbocycles. The lowest BCUT2D eigenvalue weighted by atomic mass is 9.90. The van der Waals surface area contributed by atoms with E-state index in [4.69, 9.17) is 15.2 Å². The average Bonchev–Trinajstić information content (AvgIpc) is 2.92. The van der Waals surface area contributed by atoms with Crippen LogP contribution in [0.3, 0.4) is 0 Å². The van der Waals surface area contributed by atoms with Gasteiger partial charge in [0.2, 0.25) is 0 Å². The summed E-state index contributed by atoms with van der Waals surface area (Å²) in [7, 11) is -1.13. The van der Waals surface area contributed by atoms with Crippen LogP contribution in [0.4, 0.5) is 0 Å². The molecule has 0 aromatic heterocycles. The van der Waals surface area contributed by atoms with E-state index in [1.165, 1.54) is 5.56 Å². The molecule has 2 fully saturated rings. The maximum Gasteiger partial charge on any atom is 0.169 e. The molecule has 21 heavy (non-hydrogen) atoms. The van der Waals surface area contributed by atoms with Gasteiger partial charge < -0.3 is 15.2 Å². The minimum Gasteiger partial charge on any atom is -0.347 e. The number of hydrogen-bond donors (Lipinski definition) is 1. The number of hydrogen-bond acceptors (Lipinski definition) is 4. The molecule has 3 rings (SSSR count). The van der Waals surface area contributed by atoms with Gasteiger partial charge in [-0.15, -0.1) is 0 Å². The largest absolute Gasteiger partial charge is 0.347 e. The summed E-state index contributed by atoms with van der Waals surface area (Å²) in [5.74, 6) is -0.546. The van der Waals surface area contributed by atoms with Crippen LogP contribution < -0.4 is 5.73 Å². The molecule has 1 saturated heterocycles. The third kappa shape index (κ3) is 2.93. The third-order valence-corrected chi connectivity index (χ3v) is 6.43. The van der Waals surface area contributed by atoms with Crippen LogP contribution in [0.1, 0.15) is 30.4 Å². The fourth-order valence-corrected chi connectivity index (χ4v) is 4.84. The molecule has 1 aliphatic heterocycles. The highest BCUT2D eigenvalue weighted by molar-refractivity contribution is 7.85. The summed E-state index contributed by atoms with van der Waals surface area (Å²) in [6.45, 7) is 5.35. The Morgan fingerprint density at radius 2 is 1.95 bits per heavy atom. The van der Waals surface area contributed by atoms with E-state index in [0.717, 1.165) is 23.3 Å². The average molecular weight is 309 g/mol. The highest BCUT2D eigenvalue weighted by atomic mass is 32.2. The topological polar surface area (TPSA) is 61.6 Å². The number of rotatable bonds is 2. The summed E-state index contributed by atoms with van der Waals surface area (Å²) in [6, 6.07) is 5.92. The Morgan fingerprint density at radius 3 is 2.62 bits per heavy atom. The van der Waals surface area contributed by atoms with Crippen LogP contribution in [0.5, 0.6) is 0 Å². The van der Waals surface area contributed by atoms with Crippen molar-refractivity contribution in [3.05, 3.63) is 29.3 Å². The van der Waals surface area contributed by atoms with Crippen molar-refractivity contribution in [1.82, 2.24) is 0 Å². The van der Waals surface area contributed by atoms with Crippen molar-refractivity contribution in [2.45, 2.75) is 55.1 Å². The van der Waals surface area contributed by atoms with Gasteiger partial charge in [-0.05, 0) is 43.5 Å². The standard InChI is InChI=1S/C16H23NO3S/c1-11-3-4-13(9-12(11)2)21(18)15-10-16(6-5-14(15)17)19-7-8-20-16/h3-4,9,14-15H,5-8,10,17H2,1-2H3. The molecule has 4 nitrogen and oxygen atoms in total. The number of benzene rings is 1. The summed E-state index contributed by atoms with van der Waals surface area (Å²) in [5, 5.41) is -0.112. The first-order valence-corrected chi connectivity index (χ1v) is 8.73. The van der Waals surface area contributed by atoms with Gasteiger partial charge in [0, 0.05) is 23.8 Å². The maximum atomic E-state index is 12.9. The van der Waals surface area contributed by atoms with Crippen molar-refractivity contribution < 1.29 is 13.7 Å². The zero-order valence-electron chi connectivity index (χ0n) is 12.6. The van der Waals surface area contributed by atoms with Crippen LogP contribution in [-0.4, -0.2) is 34.5 Å². The minimum absolute atomic E-state index is 0.0640. The summed E-state index contributed by atoms with van der Waals surface area (Å²) in [4.78, 5) is 0.855. The van der Waals surface area contributed by atoms with Gasteiger partial charge in [-0.2, -0.15) is 0 Å². The van der Waals surface area contributed by atoms with Gasteiger partial charge in [-0.25, -0.2) is 0 Å². The molecule has 3 atom stereocenters. The Labute approximate surface area is 128 Å². The summed E-state index contributed by atoms with van der Waals surface area (Å²) < 4.78 is 24.5. The molecule has 2 N–H and O–H groups in total. The first kappa shape index (κ1) is 15.2. The van der Waals surface area contributed by atoms with Crippen molar-refractivity contribution in [1.29, 1.82) is 0 Å². The van der Waals surface area contributed by atoms with Gasteiger partial charge in [0.25, 0.3) is 0 Å². The third-order valence-electron chi connectivity index (χ3n) is 4.65. The highest BCUT2D eigenvalue weighted by Gasteiger charge is 2.46. The fraction of sp³-hybridized carbons (Fsp3) is 0.625. The van der Waals surface area contributed by atoms with Crippen molar-refractivity contribution in [2.24, 2.45) is 5.73 Å². The van der Waals surface area contributed by atoms with E-state index >= 15 is 0 Å². The Morgan fingerprint density at radius 1 is 1.24 bits per heavy atom. The number of nitrogens with two attached hydrogens (primary N) is 1. The van der Waals surface area contributed by atoms with Gasteiger partial charge in [-0.1, -0.05) is 6.07 Å². The predicted octanol–water partition coefficient (Wildman–Crippen LogP) is 2.03. The molecule has 1 heterocycles. The van der Waals surface area contributed by atoms with E-state index in [1.54, 1.807) is 0 Å². The lowest BCUT2D eigenvalue weighted by Crippen LogP contribution is -2.50. The first-order valence-electron chi connectivity index (χ1n) is 7.52. The van der Waals surface area contributed by atoms with Crippen LogP contribution in [0.25, 0.3) is 0 Å². The van der Waals surface area contributed by atoms with E-state index in [9.17, 15) is 4.21 Å². The molecule has 3 unspecified atom stereocenters. The van der Waals surface area contributed by atoms with E-state index in [0.29, 0.717) is 19.6 Å². The molecular formula is C16H23NO3S. The van der Waals surface area contributed by atoms with Crippen LogP contribution in [0.15, 0.2) is 23.1 Å². The number of ether oxygens (including phenoxy) is 2. The lowest BCUT2D eigenvalue weighted by molar-refractivity contribution is -0.177. The SMILES string of the molecule is Cc1ccc(S(=O)C2CC3(CCC2N)OCCO3)cc1C. The Bertz CT molecular complexity index is 554. The van der Waals surface area contributed by atoms with Gasteiger partial charge in [0.1, 0.15) is 0 Å². The van der Waals surface area contributed by atoms with Gasteiger partial charge in [-0.3, -0.25) is 4.21 Å². The van der Waals surface area contributed by atoms with Gasteiger partial charge in [0.05, 0.1) is 29.3 Å². The van der Waals surface area contributed by atoms with Crippen molar-refractivity contribution >= 4 is 10.8 Å².